The predicted molar refractivity (Wildman–Crippen MR) is 61.9 cm³/mol. The van der Waals surface area contributed by atoms with E-state index in [1.165, 1.54) is 0 Å². The maximum atomic E-state index is 12.5. The molecule has 8 heteroatoms. The average Bonchev–Trinajstić information content (AvgIpc) is 2.32. The van der Waals surface area contributed by atoms with Crippen molar-refractivity contribution in [1.29, 1.82) is 0 Å². The van der Waals surface area contributed by atoms with Crippen LogP contribution in [0.3, 0.4) is 0 Å². The number of unbranched alkanes of at least 4 members (excludes halogenated alkanes) is 1. The van der Waals surface area contributed by atoms with Crippen LogP contribution in [-0.4, -0.2) is 12.5 Å². The minimum atomic E-state index is -4.87. The fraction of sp³-hybridized carbons (Fsp3) is 0.500. The van der Waals surface area contributed by atoms with E-state index in [1.54, 1.807) is 0 Å². The van der Waals surface area contributed by atoms with Gasteiger partial charge in [0.1, 0.15) is 5.75 Å². The smallest absolute Gasteiger partial charge is 0.416 e. The predicted octanol–water partition coefficient (Wildman–Crippen LogP) is 5.12. The van der Waals surface area contributed by atoms with E-state index in [2.05, 4.69) is 0 Å². The molecule has 0 fully saturated rings. The van der Waals surface area contributed by atoms with Crippen LogP contribution in [0.4, 0.5) is 26.3 Å². The van der Waals surface area contributed by atoms with E-state index in [9.17, 15) is 26.3 Å². The summed E-state index contributed by atoms with van der Waals surface area (Å²) in [5.41, 5.74) is -2.78. The number of hydrogen-bond donors (Lipinski definition) is 0. The van der Waals surface area contributed by atoms with Gasteiger partial charge in [-0.3, -0.25) is 0 Å². The van der Waals surface area contributed by atoms with Gasteiger partial charge >= 0.3 is 12.4 Å². The van der Waals surface area contributed by atoms with E-state index in [0.717, 1.165) is 0 Å². The molecule has 20 heavy (non-hydrogen) atoms. The summed E-state index contributed by atoms with van der Waals surface area (Å²) in [4.78, 5) is 0. The van der Waals surface area contributed by atoms with Crippen LogP contribution in [0.15, 0.2) is 18.2 Å². The molecule has 0 amide bonds. The summed E-state index contributed by atoms with van der Waals surface area (Å²) in [6.07, 6.45) is -8.72. The van der Waals surface area contributed by atoms with Gasteiger partial charge in [0.05, 0.1) is 17.7 Å². The van der Waals surface area contributed by atoms with Crippen molar-refractivity contribution in [2.45, 2.75) is 25.2 Å². The second-order valence-corrected chi connectivity index (χ2v) is 4.36. The van der Waals surface area contributed by atoms with E-state index in [-0.39, 0.29) is 12.7 Å². The molecule has 0 heterocycles. The van der Waals surface area contributed by atoms with Gasteiger partial charge in [-0.05, 0) is 31.0 Å². The van der Waals surface area contributed by atoms with Crippen molar-refractivity contribution in [1.82, 2.24) is 0 Å². The SMILES string of the molecule is FC(F)(F)c1cc(OCCCCCl)cc(C(F)(F)F)c1. The summed E-state index contributed by atoms with van der Waals surface area (Å²) in [6, 6.07) is 1.16. The molecule has 0 saturated carbocycles. The van der Waals surface area contributed by atoms with E-state index in [4.69, 9.17) is 16.3 Å². The summed E-state index contributed by atoms with van der Waals surface area (Å²) < 4.78 is 80.2. The van der Waals surface area contributed by atoms with Crippen molar-refractivity contribution >= 4 is 11.6 Å². The zero-order valence-corrected chi connectivity index (χ0v) is 10.9. The van der Waals surface area contributed by atoms with Gasteiger partial charge in [-0.2, -0.15) is 26.3 Å². The maximum Gasteiger partial charge on any atom is 0.416 e. The zero-order chi connectivity index (χ0) is 15.4. The lowest BCUT2D eigenvalue weighted by Crippen LogP contribution is -2.11. The molecule has 0 radical (unpaired) electrons. The van der Waals surface area contributed by atoms with Crippen molar-refractivity contribution in [2.75, 3.05) is 12.5 Å². The molecule has 0 aliphatic rings. The molecule has 0 aliphatic carbocycles. The van der Waals surface area contributed by atoms with Gasteiger partial charge < -0.3 is 4.74 Å². The maximum absolute atomic E-state index is 12.5. The Morgan fingerprint density at radius 2 is 1.35 bits per heavy atom. The molecule has 0 bridgehead atoms. The number of alkyl halides is 7. The first-order valence-corrected chi connectivity index (χ1v) is 6.16. The average molecular weight is 321 g/mol. The first kappa shape index (κ1) is 16.9. The number of halogens is 7. The third-order valence-corrected chi connectivity index (χ3v) is 2.63. The Kier molecular flexibility index (Phi) is 5.56. The summed E-state index contributed by atoms with van der Waals surface area (Å²) in [5, 5.41) is 0. The Morgan fingerprint density at radius 3 is 1.75 bits per heavy atom. The van der Waals surface area contributed by atoms with Gasteiger partial charge in [-0.25, -0.2) is 0 Å². The van der Waals surface area contributed by atoms with Crippen molar-refractivity contribution in [2.24, 2.45) is 0 Å². The van der Waals surface area contributed by atoms with Crippen molar-refractivity contribution in [3.63, 3.8) is 0 Å². The molecule has 1 rings (SSSR count). The molecule has 1 aromatic rings. The molecule has 0 atom stereocenters. The van der Waals surface area contributed by atoms with Crippen LogP contribution >= 0.6 is 11.6 Å². The largest absolute Gasteiger partial charge is 0.494 e. The highest BCUT2D eigenvalue weighted by molar-refractivity contribution is 6.17. The highest BCUT2D eigenvalue weighted by atomic mass is 35.5. The van der Waals surface area contributed by atoms with Crippen LogP contribution in [0, 0.1) is 0 Å². The first-order chi connectivity index (χ1) is 9.14. The minimum Gasteiger partial charge on any atom is -0.494 e. The number of benzene rings is 1. The Labute approximate surface area is 116 Å². The normalized spacial score (nSPS) is 12.6. The third-order valence-electron chi connectivity index (χ3n) is 2.36. The van der Waals surface area contributed by atoms with Gasteiger partial charge in [-0.1, -0.05) is 0 Å². The van der Waals surface area contributed by atoms with Crippen molar-refractivity contribution in [3.05, 3.63) is 29.3 Å². The summed E-state index contributed by atoms with van der Waals surface area (Å²) in [6.45, 7) is 0.00529. The second kappa shape index (κ2) is 6.56. The quantitative estimate of drug-likeness (QED) is 0.415. The molecule has 1 aromatic carbocycles. The molecule has 0 aromatic heterocycles. The zero-order valence-electron chi connectivity index (χ0n) is 10.1. The van der Waals surface area contributed by atoms with E-state index < -0.39 is 29.2 Å². The first-order valence-electron chi connectivity index (χ1n) is 5.63. The molecular formula is C12H11ClF6O. The van der Waals surface area contributed by atoms with Crippen LogP contribution in [0.5, 0.6) is 5.75 Å². The Bertz CT molecular complexity index is 408. The van der Waals surface area contributed by atoms with Crippen molar-refractivity contribution in [3.8, 4) is 5.75 Å². The topological polar surface area (TPSA) is 9.23 Å². The molecule has 0 unspecified atom stereocenters. The highest BCUT2D eigenvalue weighted by Crippen LogP contribution is 2.38. The van der Waals surface area contributed by atoms with Crippen LogP contribution in [-0.2, 0) is 12.4 Å². The number of ether oxygens (including phenoxy) is 1. The summed E-state index contributed by atoms with van der Waals surface area (Å²) in [7, 11) is 0. The van der Waals surface area contributed by atoms with E-state index in [0.29, 0.717) is 30.9 Å². The Balaban J connectivity index is 2.99. The third kappa shape index (κ3) is 5.11. The van der Waals surface area contributed by atoms with Gasteiger partial charge in [0.15, 0.2) is 0 Å². The standard InChI is InChI=1S/C12H11ClF6O/c13-3-1-2-4-20-10-6-8(11(14,15)16)5-9(7-10)12(17,18)19/h5-7H,1-4H2. The van der Waals surface area contributed by atoms with Crippen LogP contribution in [0.2, 0.25) is 0 Å². The molecule has 1 nitrogen and oxygen atoms in total. The monoisotopic (exact) mass is 320 g/mol. The lowest BCUT2D eigenvalue weighted by atomic mass is 10.1. The van der Waals surface area contributed by atoms with Crippen LogP contribution in [0.1, 0.15) is 24.0 Å². The lowest BCUT2D eigenvalue weighted by molar-refractivity contribution is -0.143. The highest BCUT2D eigenvalue weighted by Gasteiger charge is 2.37. The minimum absolute atomic E-state index is 0.00529. The van der Waals surface area contributed by atoms with Gasteiger partial charge in [0, 0.05) is 5.88 Å². The van der Waals surface area contributed by atoms with E-state index in [1.807, 2.05) is 0 Å². The van der Waals surface area contributed by atoms with Crippen molar-refractivity contribution < 1.29 is 31.1 Å². The molecule has 0 spiro atoms. The summed E-state index contributed by atoms with van der Waals surface area (Å²) >= 11 is 5.40. The fourth-order valence-electron chi connectivity index (χ4n) is 1.40. The molecule has 0 N–H and O–H groups in total. The Hall–Kier alpha value is -1.11. The van der Waals surface area contributed by atoms with Gasteiger partial charge in [0.25, 0.3) is 0 Å². The van der Waals surface area contributed by atoms with Gasteiger partial charge in [-0.15, -0.1) is 11.6 Å². The second-order valence-electron chi connectivity index (χ2n) is 3.99. The van der Waals surface area contributed by atoms with Crippen LogP contribution < -0.4 is 4.74 Å². The Morgan fingerprint density at radius 1 is 0.850 bits per heavy atom. The molecular weight excluding hydrogens is 310 g/mol. The van der Waals surface area contributed by atoms with Crippen LogP contribution in [0.25, 0.3) is 0 Å². The number of rotatable bonds is 5. The molecule has 0 aliphatic heterocycles. The number of hydrogen-bond acceptors (Lipinski definition) is 1. The fourth-order valence-corrected chi connectivity index (χ4v) is 1.59. The van der Waals surface area contributed by atoms with Gasteiger partial charge in [0.2, 0.25) is 0 Å². The lowest BCUT2D eigenvalue weighted by Gasteiger charge is -2.14. The summed E-state index contributed by atoms with van der Waals surface area (Å²) in [5.74, 6) is -0.110. The molecule has 114 valence electrons. The molecule has 0 saturated heterocycles. The van der Waals surface area contributed by atoms with E-state index >= 15 is 0 Å².